The summed E-state index contributed by atoms with van der Waals surface area (Å²) < 4.78 is 8.11. The Bertz CT molecular complexity index is 660. The molecule has 0 unspecified atom stereocenters. The molecule has 0 amide bonds. The number of aromatic nitrogens is 2. The average Bonchev–Trinajstić information content (AvgIpc) is 3.02. The van der Waals surface area contributed by atoms with E-state index in [0.717, 1.165) is 35.3 Å². The first-order chi connectivity index (χ1) is 9.31. The van der Waals surface area contributed by atoms with Gasteiger partial charge in [0.25, 0.3) is 0 Å². The number of nitrogens with zero attached hydrogens (tertiary/aromatic N) is 2. The molecule has 3 heterocycles. The van der Waals surface area contributed by atoms with Crippen molar-refractivity contribution < 1.29 is 4.42 Å². The SMILES string of the molecule is Brc1ccn2cc(CNCCc3ccoc3)nc2c1. The lowest BCUT2D eigenvalue weighted by Gasteiger charge is -2.00. The third kappa shape index (κ3) is 3.05. The van der Waals surface area contributed by atoms with E-state index in [4.69, 9.17) is 4.42 Å². The van der Waals surface area contributed by atoms with Crippen molar-refractivity contribution in [3.8, 4) is 0 Å². The van der Waals surface area contributed by atoms with Crippen LogP contribution in [-0.2, 0) is 13.0 Å². The summed E-state index contributed by atoms with van der Waals surface area (Å²) in [5.74, 6) is 0. The number of nitrogens with one attached hydrogen (secondary N) is 1. The molecule has 0 radical (unpaired) electrons. The van der Waals surface area contributed by atoms with Crippen molar-refractivity contribution in [1.82, 2.24) is 14.7 Å². The minimum atomic E-state index is 0.775. The van der Waals surface area contributed by atoms with E-state index in [2.05, 4.69) is 26.2 Å². The highest BCUT2D eigenvalue weighted by molar-refractivity contribution is 9.10. The molecule has 0 aliphatic heterocycles. The van der Waals surface area contributed by atoms with Gasteiger partial charge in [-0.1, -0.05) is 15.9 Å². The number of imidazole rings is 1. The molecule has 0 aromatic carbocycles. The standard InChI is InChI=1S/C14H14BrN3O/c15-12-2-5-18-9-13(17-14(18)7-12)8-16-4-1-11-3-6-19-10-11/h2-3,5-7,9-10,16H,1,4,8H2. The minimum absolute atomic E-state index is 0.775. The molecule has 0 spiro atoms. The second-order valence-corrected chi connectivity index (χ2v) is 5.32. The van der Waals surface area contributed by atoms with Gasteiger partial charge in [0.15, 0.2) is 0 Å². The summed E-state index contributed by atoms with van der Waals surface area (Å²) in [5.41, 5.74) is 3.22. The first-order valence-corrected chi connectivity index (χ1v) is 6.95. The van der Waals surface area contributed by atoms with Crippen LogP contribution in [0.2, 0.25) is 0 Å². The molecule has 0 fully saturated rings. The molecule has 1 N–H and O–H groups in total. The van der Waals surface area contributed by atoms with Crippen molar-refractivity contribution in [2.75, 3.05) is 6.54 Å². The van der Waals surface area contributed by atoms with Crippen molar-refractivity contribution in [3.63, 3.8) is 0 Å². The molecule has 4 nitrogen and oxygen atoms in total. The fraction of sp³-hybridized carbons (Fsp3) is 0.214. The maximum Gasteiger partial charge on any atom is 0.138 e. The molecule has 5 heteroatoms. The van der Waals surface area contributed by atoms with Gasteiger partial charge in [-0.15, -0.1) is 0 Å². The predicted molar refractivity (Wildman–Crippen MR) is 77.0 cm³/mol. The lowest BCUT2D eigenvalue weighted by molar-refractivity contribution is 0.562. The molecular weight excluding hydrogens is 306 g/mol. The van der Waals surface area contributed by atoms with Gasteiger partial charge in [0.2, 0.25) is 0 Å². The highest BCUT2D eigenvalue weighted by atomic mass is 79.9. The van der Waals surface area contributed by atoms with Crippen LogP contribution in [-0.4, -0.2) is 15.9 Å². The molecule has 0 saturated carbocycles. The first kappa shape index (κ1) is 12.4. The van der Waals surface area contributed by atoms with Crippen LogP contribution in [0.1, 0.15) is 11.3 Å². The normalized spacial score (nSPS) is 11.2. The number of hydrogen-bond donors (Lipinski definition) is 1. The van der Waals surface area contributed by atoms with E-state index in [1.165, 1.54) is 5.56 Å². The summed E-state index contributed by atoms with van der Waals surface area (Å²) in [5, 5.41) is 3.39. The second-order valence-electron chi connectivity index (χ2n) is 4.40. The van der Waals surface area contributed by atoms with Gasteiger partial charge in [0, 0.05) is 23.4 Å². The van der Waals surface area contributed by atoms with Gasteiger partial charge in [0.1, 0.15) is 5.65 Å². The summed E-state index contributed by atoms with van der Waals surface area (Å²) in [6.07, 6.45) is 8.50. The third-order valence-electron chi connectivity index (χ3n) is 2.95. The fourth-order valence-corrected chi connectivity index (χ4v) is 2.30. The summed E-state index contributed by atoms with van der Waals surface area (Å²) in [6.45, 7) is 1.69. The first-order valence-electron chi connectivity index (χ1n) is 6.16. The minimum Gasteiger partial charge on any atom is -0.472 e. The lowest BCUT2D eigenvalue weighted by Crippen LogP contribution is -2.16. The Morgan fingerprint density at radius 2 is 2.32 bits per heavy atom. The molecule has 3 aromatic rings. The van der Waals surface area contributed by atoms with E-state index in [1.807, 2.05) is 35.0 Å². The maximum atomic E-state index is 5.03. The number of rotatable bonds is 5. The van der Waals surface area contributed by atoms with Crippen molar-refractivity contribution in [3.05, 3.63) is 58.8 Å². The van der Waals surface area contributed by atoms with E-state index < -0.39 is 0 Å². The molecular formula is C14H14BrN3O. The quantitative estimate of drug-likeness (QED) is 0.735. The van der Waals surface area contributed by atoms with Crippen LogP contribution in [0.15, 0.2) is 52.0 Å². The Kier molecular flexibility index (Phi) is 3.66. The molecule has 19 heavy (non-hydrogen) atoms. The lowest BCUT2D eigenvalue weighted by atomic mass is 10.2. The van der Waals surface area contributed by atoms with E-state index in [-0.39, 0.29) is 0 Å². The largest absolute Gasteiger partial charge is 0.472 e. The Labute approximate surface area is 119 Å². The Hall–Kier alpha value is -1.59. The third-order valence-corrected chi connectivity index (χ3v) is 3.44. The van der Waals surface area contributed by atoms with Crippen LogP contribution < -0.4 is 5.32 Å². The molecule has 0 saturated heterocycles. The zero-order valence-corrected chi connectivity index (χ0v) is 11.9. The molecule has 0 atom stereocenters. The van der Waals surface area contributed by atoms with E-state index >= 15 is 0 Å². The van der Waals surface area contributed by atoms with Crippen LogP contribution in [0.3, 0.4) is 0 Å². The van der Waals surface area contributed by atoms with Gasteiger partial charge >= 0.3 is 0 Å². The highest BCUT2D eigenvalue weighted by Gasteiger charge is 2.02. The maximum absolute atomic E-state index is 5.03. The van der Waals surface area contributed by atoms with Crippen LogP contribution in [0.25, 0.3) is 5.65 Å². The number of fused-ring (bicyclic) bond motifs is 1. The predicted octanol–water partition coefficient (Wildman–Crippen LogP) is 3.02. The highest BCUT2D eigenvalue weighted by Crippen LogP contribution is 2.13. The number of pyridine rings is 1. The second kappa shape index (κ2) is 5.59. The Morgan fingerprint density at radius 1 is 1.37 bits per heavy atom. The molecule has 0 bridgehead atoms. The van der Waals surface area contributed by atoms with E-state index in [9.17, 15) is 0 Å². The topological polar surface area (TPSA) is 42.5 Å². The number of halogens is 1. The smallest absolute Gasteiger partial charge is 0.138 e. The number of furan rings is 1. The molecule has 3 rings (SSSR count). The number of hydrogen-bond acceptors (Lipinski definition) is 3. The zero-order chi connectivity index (χ0) is 13.1. The molecule has 0 aliphatic rings. The molecule has 98 valence electrons. The monoisotopic (exact) mass is 319 g/mol. The molecule has 3 aromatic heterocycles. The van der Waals surface area contributed by atoms with Crippen molar-refractivity contribution >= 4 is 21.6 Å². The van der Waals surface area contributed by atoms with Crippen molar-refractivity contribution in [1.29, 1.82) is 0 Å². The van der Waals surface area contributed by atoms with Gasteiger partial charge in [-0.2, -0.15) is 0 Å². The summed E-state index contributed by atoms with van der Waals surface area (Å²) in [7, 11) is 0. The van der Waals surface area contributed by atoms with Crippen molar-refractivity contribution in [2.45, 2.75) is 13.0 Å². The zero-order valence-electron chi connectivity index (χ0n) is 10.3. The van der Waals surface area contributed by atoms with Crippen LogP contribution in [0.5, 0.6) is 0 Å². The summed E-state index contributed by atoms with van der Waals surface area (Å²) in [4.78, 5) is 4.56. The van der Waals surface area contributed by atoms with Gasteiger partial charge < -0.3 is 14.1 Å². The van der Waals surface area contributed by atoms with Gasteiger partial charge in [0.05, 0.1) is 18.2 Å². The van der Waals surface area contributed by atoms with E-state index in [1.54, 1.807) is 12.5 Å². The molecule has 0 aliphatic carbocycles. The van der Waals surface area contributed by atoms with Gasteiger partial charge in [-0.25, -0.2) is 4.98 Å². The summed E-state index contributed by atoms with van der Waals surface area (Å²) in [6, 6.07) is 6.00. The Balaban J connectivity index is 1.56. The van der Waals surface area contributed by atoms with Crippen molar-refractivity contribution in [2.24, 2.45) is 0 Å². The summed E-state index contributed by atoms with van der Waals surface area (Å²) >= 11 is 3.45. The van der Waals surface area contributed by atoms with Crippen LogP contribution in [0.4, 0.5) is 0 Å². The van der Waals surface area contributed by atoms with Gasteiger partial charge in [-0.05, 0) is 36.7 Å². The fourth-order valence-electron chi connectivity index (χ4n) is 1.98. The van der Waals surface area contributed by atoms with Gasteiger partial charge in [-0.3, -0.25) is 0 Å². The average molecular weight is 320 g/mol. The van der Waals surface area contributed by atoms with E-state index in [0.29, 0.717) is 0 Å². The van der Waals surface area contributed by atoms with Crippen LogP contribution in [0, 0.1) is 0 Å². The van der Waals surface area contributed by atoms with Crippen LogP contribution >= 0.6 is 15.9 Å². The Morgan fingerprint density at radius 3 is 3.16 bits per heavy atom.